The molecular weight excluding hydrogens is 246 g/mol. The van der Waals surface area contributed by atoms with Gasteiger partial charge in [0.2, 0.25) is 5.91 Å². The fourth-order valence-electron chi connectivity index (χ4n) is 0.920. The summed E-state index contributed by atoms with van der Waals surface area (Å²) in [6, 6.07) is 5.41. The summed E-state index contributed by atoms with van der Waals surface area (Å²) in [4.78, 5) is 15.3. The molecule has 1 N–H and O–H groups in total. The molecule has 1 aromatic rings. The Balaban J connectivity index is 2.32. The summed E-state index contributed by atoms with van der Waals surface area (Å²) in [5, 5.41) is 12.1. The number of hydrogen-bond acceptors (Lipinski definition) is 4. The summed E-state index contributed by atoms with van der Waals surface area (Å²) < 4.78 is 0. The standard InChI is InChI=1S/C10H10ClN3OS/c11-8-3-1-5-14-10(8)16-7-9(15)13-6-2-4-12/h1,3,5H,2,6-7H2,(H,13,15). The Labute approximate surface area is 103 Å². The minimum absolute atomic E-state index is 0.123. The van der Waals surface area contributed by atoms with Crippen molar-refractivity contribution in [2.75, 3.05) is 12.3 Å². The van der Waals surface area contributed by atoms with Crippen molar-refractivity contribution in [1.82, 2.24) is 10.3 Å². The predicted octanol–water partition coefficient (Wildman–Crippen LogP) is 1.86. The summed E-state index contributed by atoms with van der Waals surface area (Å²) in [6.45, 7) is 0.381. The summed E-state index contributed by atoms with van der Waals surface area (Å²) in [6.07, 6.45) is 1.95. The molecule has 0 aliphatic rings. The Morgan fingerprint density at radius 1 is 1.69 bits per heavy atom. The van der Waals surface area contributed by atoms with E-state index in [0.29, 0.717) is 23.0 Å². The van der Waals surface area contributed by atoms with E-state index in [1.165, 1.54) is 11.8 Å². The van der Waals surface area contributed by atoms with Crippen molar-refractivity contribution in [3.8, 4) is 6.07 Å². The summed E-state index contributed by atoms with van der Waals surface area (Å²) in [7, 11) is 0. The Bertz CT molecular complexity index is 405. The first kappa shape index (κ1) is 12.8. The predicted molar refractivity (Wildman–Crippen MR) is 63.2 cm³/mol. The molecule has 0 fully saturated rings. The van der Waals surface area contributed by atoms with E-state index in [0.717, 1.165) is 0 Å². The number of nitriles is 1. The van der Waals surface area contributed by atoms with Gasteiger partial charge < -0.3 is 5.32 Å². The monoisotopic (exact) mass is 255 g/mol. The SMILES string of the molecule is N#CCCNC(=O)CSc1ncccc1Cl. The van der Waals surface area contributed by atoms with Crippen LogP contribution in [-0.2, 0) is 4.79 Å². The normalized spacial score (nSPS) is 9.50. The van der Waals surface area contributed by atoms with Gasteiger partial charge in [-0.25, -0.2) is 4.98 Å². The Hall–Kier alpha value is -1.25. The number of pyridine rings is 1. The second-order valence-electron chi connectivity index (χ2n) is 2.84. The molecule has 0 atom stereocenters. The third-order valence-electron chi connectivity index (χ3n) is 1.62. The average molecular weight is 256 g/mol. The topological polar surface area (TPSA) is 65.8 Å². The fraction of sp³-hybridized carbons (Fsp3) is 0.300. The third-order valence-corrected chi connectivity index (χ3v) is 3.05. The minimum atomic E-state index is -0.123. The summed E-state index contributed by atoms with van der Waals surface area (Å²) in [5.41, 5.74) is 0. The van der Waals surface area contributed by atoms with Crippen LogP contribution < -0.4 is 5.32 Å². The van der Waals surface area contributed by atoms with Crippen LogP contribution in [0.15, 0.2) is 23.4 Å². The number of carbonyl (C=O) groups is 1. The number of aromatic nitrogens is 1. The molecule has 16 heavy (non-hydrogen) atoms. The van der Waals surface area contributed by atoms with Crippen molar-refractivity contribution in [1.29, 1.82) is 5.26 Å². The van der Waals surface area contributed by atoms with Crippen LogP contribution in [0.1, 0.15) is 6.42 Å². The number of halogens is 1. The molecule has 1 amide bonds. The highest BCUT2D eigenvalue weighted by atomic mass is 35.5. The first-order valence-corrected chi connectivity index (χ1v) is 5.97. The van der Waals surface area contributed by atoms with Crippen molar-refractivity contribution < 1.29 is 4.79 Å². The zero-order valence-corrected chi connectivity index (χ0v) is 10.0. The van der Waals surface area contributed by atoms with Crippen LogP contribution in [0, 0.1) is 11.3 Å². The Kier molecular flexibility index (Phi) is 5.68. The smallest absolute Gasteiger partial charge is 0.230 e. The van der Waals surface area contributed by atoms with Gasteiger partial charge >= 0.3 is 0 Å². The van der Waals surface area contributed by atoms with Crippen LogP contribution in [-0.4, -0.2) is 23.2 Å². The molecule has 1 rings (SSSR count). The lowest BCUT2D eigenvalue weighted by atomic mass is 10.4. The highest BCUT2D eigenvalue weighted by Gasteiger charge is 2.05. The highest BCUT2D eigenvalue weighted by molar-refractivity contribution is 8.00. The third kappa shape index (κ3) is 4.51. The average Bonchev–Trinajstić information content (AvgIpc) is 2.28. The van der Waals surface area contributed by atoms with Gasteiger partial charge in [0.1, 0.15) is 5.03 Å². The van der Waals surface area contributed by atoms with E-state index in [1.807, 2.05) is 6.07 Å². The number of amides is 1. The zero-order valence-electron chi connectivity index (χ0n) is 8.44. The van der Waals surface area contributed by atoms with E-state index in [4.69, 9.17) is 16.9 Å². The minimum Gasteiger partial charge on any atom is -0.354 e. The van der Waals surface area contributed by atoms with Crippen molar-refractivity contribution in [3.05, 3.63) is 23.4 Å². The molecule has 0 unspecified atom stereocenters. The maximum atomic E-state index is 11.3. The van der Waals surface area contributed by atoms with Crippen LogP contribution in [0.4, 0.5) is 0 Å². The van der Waals surface area contributed by atoms with Gasteiger partial charge in [0, 0.05) is 12.7 Å². The van der Waals surface area contributed by atoms with Crippen molar-refractivity contribution >= 4 is 29.3 Å². The first-order valence-electron chi connectivity index (χ1n) is 4.61. The van der Waals surface area contributed by atoms with Crippen LogP contribution in [0.3, 0.4) is 0 Å². The van der Waals surface area contributed by atoms with E-state index >= 15 is 0 Å². The van der Waals surface area contributed by atoms with Crippen molar-refractivity contribution in [3.63, 3.8) is 0 Å². The van der Waals surface area contributed by atoms with Crippen molar-refractivity contribution in [2.24, 2.45) is 0 Å². The van der Waals surface area contributed by atoms with Gasteiger partial charge in [-0.1, -0.05) is 23.4 Å². The maximum absolute atomic E-state index is 11.3. The maximum Gasteiger partial charge on any atom is 0.230 e. The van der Waals surface area contributed by atoms with Crippen LogP contribution in [0.5, 0.6) is 0 Å². The molecule has 6 heteroatoms. The van der Waals surface area contributed by atoms with Gasteiger partial charge in [-0.2, -0.15) is 5.26 Å². The van der Waals surface area contributed by atoms with Gasteiger partial charge in [0.25, 0.3) is 0 Å². The molecule has 1 heterocycles. The fourth-order valence-corrected chi connectivity index (χ4v) is 1.92. The van der Waals surface area contributed by atoms with E-state index in [-0.39, 0.29) is 11.7 Å². The largest absolute Gasteiger partial charge is 0.354 e. The Morgan fingerprint density at radius 3 is 3.19 bits per heavy atom. The zero-order chi connectivity index (χ0) is 11.8. The number of nitrogens with zero attached hydrogens (tertiary/aromatic N) is 2. The molecule has 0 aromatic carbocycles. The molecular formula is C10H10ClN3OS. The summed E-state index contributed by atoms with van der Waals surface area (Å²) >= 11 is 7.15. The van der Waals surface area contributed by atoms with E-state index < -0.39 is 0 Å². The molecule has 0 aliphatic carbocycles. The first-order chi connectivity index (χ1) is 7.74. The number of carbonyl (C=O) groups excluding carboxylic acids is 1. The molecule has 0 saturated carbocycles. The van der Waals surface area contributed by atoms with E-state index in [1.54, 1.807) is 18.3 Å². The van der Waals surface area contributed by atoms with E-state index in [2.05, 4.69) is 10.3 Å². The van der Waals surface area contributed by atoms with Gasteiger partial charge in [-0.15, -0.1) is 0 Å². The number of hydrogen-bond donors (Lipinski definition) is 1. The quantitative estimate of drug-likeness (QED) is 0.644. The molecule has 0 spiro atoms. The second-order valence-corrected chi connectivity index (χ2v) is 4.21. The van der Waals surface area contributed by atoms with Crippen LogP contribution in [0.25, 0.3) is 0 Å². The lowest BCUT2D eigenvalue weighted by Crippen LogP contribution is -2.25. The molecule has 1 aromatic heterocycles. The second kappa shape index (κ2) is 7.09. The highest BCUT2D eigenvalue weighted by Crippen LogP contribution is 2.23. The molecule has 0 saturated heterocycles. The van der Waals surface area contributed by atoms with Gasteiger partial charge in [-0.05, 0) is 12.1 Å². The van der Waals surface area contributed by atoms with Crippen LogP contribution in [0.2, 0.25) is 5.02 Å². The van der Waals surface area contributed by atoms with Crippen molar-refractivity contribution in [2.45, 2.75) is 11.4 Å². The number of nitrogens with one attached hydrogen (secondary N) is 1. The van der Waals surface area contributed by atoms with E-state index in [9.17, 15) is 4.79 Å². The van der Waals surface area contributed by atoms with Gasteiger partial charge in [0.05, 0.1) is 23.3 Å². The number of thioether (sulfide) groups is 1. The van der Waals surface area contributed by atoms with Gasteiger partial charge in [0.15, 0.2) is 0 Å². The lowest BCUT2D eigenvalue weighted by Gasteiger charge is -2.03. The molecule has 0 aliphatic heterocycles. The molecule has 84 valence electrons. The lowest BCUT2D eigenvalue weighted by molar-refractivity contribution is -0.118. The number of rotatable bonds is 5. The van der Waals surface area contributed by atoms with Gasteiger partial charge in [-0.3, -0.25) is 4.79 Å². The molecule has 4 nitrogen and oxygen atoms in total. The Morgan fingerprint density at radius 2 is 2.50 bits per heavy atom. The molecule has 0 radical (unpaired) electrons. The van der Waals surface area contributed by atoms with Crippen LogP contribution >= 0.6 is 23.4 Å². The molecule has 0 bridgehead atoms. The summed E-state index contributed by atoms with van der Waals surface area (Å²) in [5.74, 6) is 0.129.